The number of carbonyl (C=O) groups excluding carboxylic acids is 1. The Hall–Kier alpha value is -2.64. The number of nitrogens with one attached hydrogen (secondary N) is 1. The molecule has 0 unspecified atom stereocenters. The number of rotatable bonds is 8. The monoisotopic (exact) mass is 390 g/mol. The van der Waals surface area contributed by atoms with Gasteiger partial charge < -0.3 is 10.2 Å². The van der Waals surface area contributed by atoms with Crippen LogP contribution in [0.2, 0.25) is 5.02 Å². The Morgan fingerprint density at radius 3 is 2.37 bits per heavy atom. The molecule has 2 rings (SSSR count). The van der Waals surface area contributed by atoms with Crippen molar-refractivity contribution in [3.05, 3.63) is 63.2 Å². The maximum Gasteiger partial charge on any atom is 0.271 e. The summed E-state index contributed by atoms with van der Waals surface area (Å²) in [5.74, 6) is -0.225. The van der Waals surface area contributed by atoms with Crippen LogP contribution in [0.5, 0.6) is 0 Å². The second-order valence-electron chi connectivity index (χ2n) is 6.33. The van der Waals surface area contributed by atoms with Crippen LogP contribution in [-0.2, 0) is 11.3 Å². The topological polar surface area (TPSA) is 78.7 Å². The standard InChI is InChI=1S/C19H23ClN4O3/c1-4-23(12-14-5-7-15(8-6-14)22(2)3)13-19(25)21-18-10-9-16(24(26)27)11-17(18)20/h5-11H,4,12-13H2,1-3H3,(H,21,25). The number of amides is 1. The average molecular weight is 391 g/mol. The van der Waals surface area contributed by atoms with Gasteiger partial charge in [0.15, 0.2) is 0 Å². The predicted molar refractivity (Wildman–Crippen MR) is 108 cm³/mol. The minimum Gasteiger partial charge on any atom is -0.378 e. The molecule has 0 aliphatic heterocycles. The Kier molecular flexibility index (Phi) is 7.15. The molecule has 1 amide bonds. The number of nitrogens with zero attached hydrogens (tertiary/aromatic N) is 3. The van der Waals surface area contributed by atoms with E-state index in [1.165, 1.54) is 18.2 Å². The summed E-state index contributed by atoms with van der Waals surface area (Å²) in [6, 6.07) is 12.1. The van der Waals surface area contributed by atoms with Crippen LogP contribution in [0.1, 0.15) is 12.5 Å². The number of likely N-dealkylation sites (N-methyl/N-ethyl adjacent to an activating group) is 1. The molecule has 0 aromatic heterocycles. The Morgan fingerprint density at radius 2 is 1.85 bits per heavy atom. The van der Waals surface area contributed by atoms with E-state index in [-0.39, 0.29) is 23.2 Å². The summed E-state index contributed by atoms with van der Waals surface area (Å²) in [4.78, 5) is 26.6. The minimum atomic E-state index is -0.530. The lowest BCUT2D eigenvalue weighted by molar-refractivity contribution is -0.384. The zero-order chi connectivity index (χ0) is 20.0. The molecule has 8 heteroatoms. The summed E-state index contributed by atoms with van der Waals surface area (Å²) < 4.78 is 0. The van der Waals surface area contributed by atoms with Gasteiger partial charge in [-0.25, -0.2) is 0 Å². The predicted octanol–water partition coefficient (Wildman–Crippen LogP) is 3.77. The average Bonchev–Trinajstić information content (AvgIpc) is 2.63. The summed E-state index contributed by atoms with van der Waals surface area (Å²) in [6.45, 7) is 3.53. The molecular formula is C19H23ClN4O3. The number of halogens is 1. The van der Waals surface area contributed by atoms with E-state index in [1.807, 2.05) is 55.1 Å². The first-order valence-electron chi connectivity index (χ1n) is 8.52. The molecule has 27 heavy (non-hydrogen) atoms. The van der Waals surface area contributed by atoms with Crippen molar-refractivity contribution in [2.75, 3.05) is 37.4 Å². The number of hydrogen-bond donors (Lipinski definition) is 1. The van der Waals surface area contributed by atoms with E-state index >= 15 is 0 Å². The third kappa shape index (κ3) is 5.94. The summed E-state index contributed by atoms with van der Waals surface area (Å²) in [5.41, 5.74) is 2.48. The van der Waals surface area contributed by atoms with Gasteiger partial charge in [0.25, 0.3) is 5.69 Å². The van der Waals surface area contributed by atoms with E-state index in [0.29, 0.717) is 18.8 Å². The van der Waals surface area contributed by atoms with E-state index < -0.39 is 4.92 Å². The van der Waals surface area contributed by atoms with Gasteiger partial charge in [-0.05, 0) is 30.3 Å². The van der Waals surface area contributed by atoms with Gasteiger partial charge in [-0.1, -0.05) is 30.7 Å². The van der Waals surface area contributed by atoms with Crippen LogP contribution in [0.4, 0.5) is 17.1 Å². The largest absolute Gasteiger partial charge is 0.378 e. The first-order chi connectivity index (χ1) is 12.8. The van der Waals surface area contributed by atoms with Crippen LogP contribution in [0.15, 0.2) is 42.5 Å². The minimum absolute atomic E-state index is 0.116. The fraction of sp³-hybridized carbons (Fsp3) is 0.316. The van der Waals surface area contributed by atoms with Gasteiger partial charge in [0.05, 0.1) is 22.2 Å². The number of carbonyl (C=O) groups is 1. The van der Waals surface area contributed by atoms with Crippen molar-refractivity contribution in [2.45, 2.75) is 13.5 Å². The Labute approximate surface area is 163 Å². The molecule has 0 aliphatic rings. The van der Waals surface area contributed by atoms with Crippen molar-refractivity contribution in [3.63, 3.8) is 0 Å². The number of nitro groups is 1. The first-order valence-corrected chi connectivity index (χ1v) is 8.90. The van der Waals surface area contributed by atoms with Gasteiger partial charge in [-0.15, -0.1) is 0 Å². The second-order valence-corrected chi connectivity index (χ2v) is 6.74. The Balaban J connectivity index is 1.97. The maximum atomic E-state index is 12.3. The fourth-order valence-corrected chi connectivity index (χ4v) is 2.77. The lowest BCUT2D eigenvalue weighted by Crippen LogP contribution is -2.32. The quantitative estimate of drug-likeness (QED) is 0.548. The summed E-state index contributed by atoms with van der Waals surface area (Å²) in [6.07, 6.45) is 0. The van der Waals surface area contributed by atoms with Crippen LogP contribution in [0, 0.1) is 10.1 Å². The highest BCUT2D eigenvalue weighted by Gasteiger charge is 2.14. The molecular weight excluding hydrogens is 368 g/mol. The lowest BCUT2D eigenvalue weighted by atomic mass is 10.2. The van der Waals surface area contributed by atoms with Crippen molar-refractivity contribution in [1.82, 2.24) is 4.90 Å². The van der Waals surface area contributed by atoms with E-state index in [9.17, 15) is 14.9 Å². The Morgan fingerprint density at radius 1 is 1.19 bits per heavy atom. The summed E-state index contributed by atoms with van der Waals surface area (Å²) in [5, 5.41) is 13.6. The number of anilines is 2. The first kappa shape index (κ1) is 20.7. The molecule has 0 spiro atoms. The van der Waals surface area contributed by atoms with Crippen molar-refractivity contribution in [1.29, 1.82) is 0 Å². The van der Waals surface area contributed by atoms with Crippen molar-refractivity contribution < 1.29 is 9.72 Å². The van der Waals surface area contributed by atoms with Crippen LogP contribution < -0.4 is 10.2 Å². The highest BCUT2D eigenvalue weighted by molar-refractivity contribution is 6.34. The lowest BCUT2D eigenvalue weighted by Gasteiger charge is -2.21. The zero-order valence-electron chi connectivity index (χ0n) is 15.6. The molecule has 0 saturated heterocycles. The number of nitro benzene ring substituents is 1. The fourth-order valence-electron chi connectivity index (χ4n) is 2.55. The summed E-state index contributed by atoms with van der Waals surface area (Å²) in [7, 11) is 3.97. The third-order valence-electron chi connectivity index (χ3n) is 4.11. The molecule has 2 aromatic rings. The smallest absolute Gasteiger partial charge is 0.271 e. The molecule has 1 N–H and O–H groups in total. The van der Waals surface area contributed by atoms with Crippen LogP contribution in [0.3, 0.4) is 0 Å². The highest BCUT2D eigenvalue weighted by Crippen LogP contribution is 2.26. The molecule has 144 valence electrons. The van der Waals surface area contributed by atoms with Gasteiger partial charge in [-0.3, -0.25) is 19.8 Å². The van der Waals surface area contributed by atoms with Gasteiger partial charge in [0.2, 0.25) is 5.91 Å². The van der Waals surface area contributed by atoms with Crippen LogP contribution >= 0.6 is 11.6 Å². The molecule has 0 atom stereocenters. The van der Waals surface area contributed by atoms with E-state index in [4.69, 9.17) is 11.6 Å². The highest BCUT2D eigenvalue weighted by atomic mass is 35.5. The van der Waals surface area contributed by atoms with E-state index in [2.05, 4.69) is 5.32 Å². The molecule has 7 nitrogen and oxygen atoms in total. The normalized spacial score (nSPS) is 10.7. The van der Waals surface area contributed by atoms with Crippen LogP contribution in [-0.4, -0.2) is 42.9 Å². The molecule has 2 aromatic carbocycles. The molecule has 0 heterocycles. The van der Waals surface area contributed by atoms with Gasteiger partial charge in [0, 0.05) is 38.5 Å². The summed E-state index contributed by atoms with van der Waals surface area (Å²) >= 11 is 6.02. The SMILES string of the molecule is CCN(CC(=O)Nc1ccc([N+](=O)[O-])cc1Cl)Cc1ccc(N(C)C)cc1. The van der Waals surface area contributed by atoms with E-state index in [1.54, 1.807) is 0 Å². The molecule has 0 radical (unpaired) electrons. The van der Waals surface area contributed by atoms with Gasteiger partial charge in [-0.2, -0.15) is 0 Å². The Bertz CT molecular complexity index is 809. The van der Waals surface area contributed by atoms with Crippen molar-refractivity contribution in [2.24, 2.45) is 0 Å². The number of hydrogen-bond acceptors (Lipinski definition) is 5. The number of non-ortho nitro benzene ring substituents is 1. The number of benzene rings is 2. The van der Waals surface area contributed by atoms with Crippen molar-refractivity contribution >= 4 is 34.6 Å². The maximum absolute atomic E-state index is 12.3. The van der Waals surface area contributed by atoms with Gasteiger partial charge in [0.1, 0.15) is 0 Å². The molecule has 0 bridgehead atoms. The third-order valence-corrected chi connectivity index (χ3v) is 4.42. The van der Waals surface area contributed by atoms with Crippen LogP contribution in [0.25, 0.3) is 0 Å². The second kappa shape index (κ2) is 9.34. The zero-order valence-corrected chi connectivity index (χ0v) is 16.4. The molecule has 0 aliphatic carbocycles. The van der Waals surface area contributed by atoms with Crippen molar-refractivity contribution in [3.8, 4) is 0 Å². The molecule has 0 fully saturated rings. The molecule has 0 saturated carbocycles. The van der Waals surface area contributed by atoms with Gasteiger partial charge >= 0.3 is 0 Å². The van der Waals surface area contributed by atoms with E-state index in [0.717, 1.165) is 11.3 Å².